The minimum Gasteiger partial charge on any atom is -0.223 e. The van der Waals surface area contributed by atoms with Gasteiger partial charge in [0.1, 0.15) is 0 Å². The fourth-order valence-electron chi connectivity index (χ4n) is 2.98. The number of rotatable bonds is 4. The largest absolute Gasteiger partial charge is 0.309 e. The quantitative estimate of drug-likeness (QED) is 0.674. The first-order valence-corrected chi connectivity index (χ1v) is 7.90. The number of hydrogen-bond donors (Lipinski definition) is 0. The van der Waals surface area contributed by atoms with E-state index in [2.05, 4.69) is 65.2 Å². The van der Waals surface area contributed by atoms with Gasteiger partial charge in [-0.05, 0) is 43.0 Å². The van der Waals surface area contributed by atoms with Crippen LogP contribution < -0.4 is 4.57 Å². The van der Waals surface area contributed by atoms with Gasteiger partial charge >= 0.3 is 5.82 Å². The molecule has 2 aromatic carbocycles. The van der Waals surface area contributed by atoms with Crippen LogP contribution in [0.5, 0.6) is 0 Å². The summed E-state index contributed by atoms with van der Waals surface area (Å²) in [7, 11) is 2.04. The van der Waals surface area contributed by atoms with Crippen LogP contribution in [0.2, 0.25) is 0 Å². The van der Waals surface area contributed by atoms with Crippen molar-refractivity contribution >= 4 is 0 Å². The molecule has 1 aromatic heterocycles. The molecule has 3 aromatic rings. The Bertz CT molecular complexity index is 771. The molecule has 1 saturated carbocycles. The monoisotopic (exact) mass is 290 g/mol. The molecule has 3 heteroatoms. The van der Waals surface area contributed by atoms with Gasteiger partial charge in [-0.3, -0.25) is 0 Å². The zero-order valence-electron chi connectivity index (χ0n) is 12.8. The zero-order chi connectivity index (χ0) is 14.9. The lowest BCUT2D eigenvalue weighted by Crippen LogP contribution is -2.38. The van der Waals surface area contributed by atoms with E-state index >= 15 is 0 Å². The van der Waals surface area contributed by atoms with Crippen molar-refractivity contribution in [2.45, 2.75) is 19.4 Å². The van der Waals surface area contributed by atoms with Gasteiger partial charge in [0, 0.05) is 5.10 Å². The molecule has 0 N–H and O–H groups in total. The maximum absolute atomic E-state index is 4.82. The predicted octanol–water partition coefficient (Wildman–Crippen LogP) is 3.45. The van der Waals surface area contributed by atoms with E-state index in [4.69, 9.17) is 5.10 Å². The topological polar surface area (TPSA) is 21.7 Å². The molecule has 0 atom stereocenters. The Morgan fingerprint density at radius 3 is 2.14 bits per heavy atom. The van der Waals surface area contributed by atoms with Crippen LogP contribution in [0.4, 0.5) is 0 Å². The molecule has 1 aliphatic rings. The number of nitrogens with zero attached hydrogens (tertiary/aromatic N) is 3. The van der Waals surface area contributed by atoms with Crippen molar-refractivity contribution in [2.75, 3.05) is 0 Å². The van der Waals surface area contributed by atoms with Crippen LogP contribution in [-0.2, 0) is 13.6 Å². The van der Waals surface area contributed by atoms with Crippen molar-refractivity contribution in [2.24, 2.45) is 13.0 Å². The Labute approximate surface area is 130 Å². The van der Waals surface area contributed by atoms with Gasteiger partial charge in [-0.1, -0.05) is 36.4 Å². The fourth-order valence-corrected chi connectivity index (χ4v) is 2.98. The van der Waals surface area contributed by atoms with Crippen LogP contribution >= 0.6 is 0 Å². The molecule has 0 saturated heterocycles. The summed E-state index contributed by atoms with van der Waals surface area (Å²) in [6, 6.07) is 21.0. The number of aryl methyl sites for hydroxylation is 1. The van der Waals surface area contributed by atoms with Gasteiger partial charge in [-0.15, -0.1) is 4.68 Å². The van der Waals surface area contributed by atoms with Crippen molar-refractivity contribution < 1.29 is 4.57 Å². The van der Waals surface area contributed by atoms with Crippen molar-refractivity contribution in [1.82, 2.24) is 9.78 Å². The van der Waals surface area contributed by atoms with Gasteiger partial charge in [0.25, 0.3) is 5.82 Å². The lowest BCUT2D eigenvalue weighted by Gasteiger charge is -2.04. The summed E-state index contributed by atoms with van der Waals surface area (Å²) in [4.78, 5) is 0. The molecule has 1 aliphatic carbocycles. The summed E-state index contributed by atoms with van der Waals surface area (Å²) in [5.74, 6) is 3.05. The molecule has 0 unspecified atom stereocenters. The standard InChI is InChI=1S/C19H20N3/c1-21-19(17-10-6-3-7-11-17)22(14-15-12-13-15)18(20-21)16-8-4-2-5-9-16/h2-11,15H,12-14H2,1H3/q+1. The smallest absolute Gasteiger partial charge is 0.223 e. The van der Waals surface area contributed by atoms with Gasteiger partial charge in [0.2, 0.25) is 0 Å². The summed E-state index contributed by atoms with van der Waals surface area (Å²) in [6.07, 6.45) is 2.68. The van der Waals surface area contributed by atoms with Gasteiger partial charge in [0.15, 0.2) is 0 Å². The van der Waals surface area contributed by atoms with Crippen LogP contribution in [0.15, 0.2) is 60.7 Å². The molecule has 22 heavy (non-hydrogen) atoms. The molecule has 0 radical (unpaired) electrons. The van der Waals surface area contributed by atoms with E-state index in [0.717, 1.165) is 18.3 Å². The Hall–Kier alpha value is -2.42. The minimum atomic E-state index is 0.805. The second-order valence-corrected chi connectivity index (χ2v) is 6.06. The maximum Gasteiger partial charge on any atom is 0.309 e. The van der Waals surface area contributed by atoms with Gasteiger partial charge in [-0.2, -0.15) is 0 Å². The Balaban J connectivity index is 1.89. The van der Waals surface area contributed by atoms with E-state index in [1.54, 1.807) is 0 Å². The second kappa shape index (κ2) is 5.41. The van der Waals surface area contributed by atoms with E-state index in [9.17, 15) is 0 Å². The molecule has 0 amide bonds. The van der Waals surface area contributed by atoms with Crippen LogP contribution in [0.1, 0.15) is 12.8 Å². The first-order chi connectivity index (χ1) is 10.8. The first-order valence-electron chi connectivity index (χ1n) is 7.90. The SMILES string of the molecule is Cn1nc(-c2ccccc2)[n+](CC2CC2)c1-c1ccccc1. The number of hydrogen-bond acceptors (Lipinski definition) is 1. The highest BCUT2D eigenvalue weighted by Crippen LogP contribution is 2.31. The van der Waals surface area contributed by atoms with Crippen molar-refractivity contribution in [1.29, 1.82) is 0 Å². The third kappa shape index (κ3) is 2.43. The van der Waals surface area contributed by atoms with E-state index in [0.29, 0.717) is 0 Å². The lowest BCUT2D eigenvalue weighted by atomic mass is 10.2. The van der Waals surface area contributed by atoms with Gasteiger partial charge in [0.05, 0.1) is 24.7 Å². The average molecular weight is 290 g/mol. The Morgan fingerprint density at radius 2 is 1.55 bits per heavy atom. The first kappa shape index (κ1) is 13.3. The number of benzene rings is 2. The molecule has 0 bridgehead atoms. The normalized spacial score (nSPS) is 14.2. The summed E-state index contributed by atoms with van der Waals surface area (Å²) in [5.41, 5.74) is 2.40. The van der Waals surface area contributed by atoms with E-state index in [-0.39, 0.29) is 0 Å². The highest BCUT2D eigenvalue weighted by molar-refractivity contribution is 5.56. The molecular formula is C19H20N3+. The van der Waals surface area contributed by atoms with Crippen molar-refractivity contribution in [3.63, 3.8) is 0 Å². The second-order valence-electron chi connectivity index (χ2n) is 6.06. The molecule has 0 aliphatic heterocycles. The van der Waals surface area contributed by atoms with Gasteiger partial charge < -0.3 is 0 Å². The maximum atomic E-state index is 4.82. The molecule has 1 heterocycles. The Morgan fingerprint density at radius 1 is 0.955 bits per heavy atom. The van der Waals surface area contributed by atoms with Crippen LogP contribution in [0.3, 0.4) is 0 Å². The fraction of sp³-hybridized carbons (Fsp3) is 0.263. The molecule has 1 fully saturated rings. The summed E-state index contributed by atoms with van der Waals surface area (Å²) >= 11 is 0. The van der Waals surface area contributed by atoms with Crippen LogP contribution in [0, 0.1) is 5.92 Å². The summed E-state index contributed by atoms with van der Waals surface area (Å²) in [5, 5.41) is 4.82. The zero-order valence-corrected chi connectivity index (χ0v) is 12.8. The lowest BCUT2D eigenvalue weighted by molar-refractivity contribution is -0.679. The molecule has 110 valence electrons. The highest BCUT2D eigenvalue weighted by Gasteiger charge is 2.31. The van der Waals surface area contributed by atoms with Crippen molar-refractivity contribution in [3.8, 4) is 22.8 Å². The van der Waals surface area contributed by atoms with E-state index < -0.39 is 0 Å². The third-order valence-corrected chi connectivity index (χ3v) is 4.26. The highest BCUT2D eigenvalue weighted by atomic mass is 15.4. The van der Waals surface area contributed by atoms with E-state index in [1.807, 2.05) is 11.7 Å². The van der Waals surface area contributed by atoms with Gasteiger partial charge in [-0.25, -0.2) is 4.57 Å². The summed E-state index contributed by atoms with van der Waals surface area (Å²) in [6.45, 7) is 1.06. The third-order valence-electron chi connectivity index (χ3n) is 4.26. The number of aromatic nitrogens is 3. The molecular weight excluding hydrogens is 270 g/mol. The van der Waals surface area contributed by atoms with Crippen LogP contribution in [0.25, 0.3) is 22.8 Å². The van der Waals surface area contributed by atoms with Crippen molar-refractivity contribution in [3.05, 3.63) is 60.7 Å². The average Bonchev–Trinajstić information content (AvgIpc) is 3.32. The Kier molecular flexibility index (Phi) is 3.26. The van der Waals surface area contributed by atoms with Crippen LogP contribution in [-0.4, -0.2) is 9.78 Å². The summed E-state index contributed by atoms with van der Waals surface area (Å²) < 4.78 is 4.41. The predicted molar refractivity (Wildman–Crippen MR) is 87.0 cm³/mol. The van der Waals surface area contributed by atoms with E-state index in [1.165, 1.54) is 29.8 Å². The molecule has 0 spiro atoms. The molecule has 3 nitrogen and oxygen atoms in total. The molecule has 4 rings (SSSR count). The minimum absolute atomic E-state index is 0.805.